The minimum absolute atomic E-state index is 0.142. The number of H-pyrrole nitrogens is 1. The van der Waals surface area contributed by atoms with E-state index in [4.69, 9.17) is 4.74 Å². The number of thioether (sulfide) groups is 1. The first-order chi connectivity index (χ1) is 11.0. The summed E-state index contributed by atoms with van der Waals surface area (Å²) in [6, 6.07) is 3.39. The molecule has 1 unspecified atom stereocenters. The summed E-state index contributed by atoms with van der Waals surface area (Å²) in [7, 11) is 1.57. The molecule has 2 rings (SSSR count). The molecular formula is C15H18N4O3S. The standard InChI is InChI=1S/C15H18N4O3S/c1-9-6-17-15(21)19-14(9)23-8-13(20)18-10(2)12-5-4-11(22-3)7-16-12/h4-7,10H,8H2,1-3H3,(H,18,20)(H,17,19,21). The molecule has 7 nitrogen and oxygen atoms in total. The Balaban J connectivity index is 1.90. The second-order valence-corrected chi connectivity index (χ2v) is 5.89. The maximum absolute atomic E-state index is 12.0. The smallest absolute Gasteiger partial charge is 0.345 e. The van der Waals surface area contributed by atoms with Crippen LogP contribution in [0, 0.1) is 6.92 Å². The van der Waals surface area contributed by atoms with Gasteiger partial charge in [0.15, 0.2) is 0 Å². The molecule has 2 aromatic heterocycles. The normalized spacial score (nSPS) is 11.8. The molecule has 0 aliphatic rings. The van der Waals surface area contributed by atoms with Gasteiger partial charge in [-0.15, -0.1) is 0 Å². The van der Waals surface area contributed by atoms with E-state index in [2.05, 4.69) is 20.3 Å². The molecule has 8 heteroatoms. The topological polar surface area (TPSA) is 97.0 Å². The van der Waals surface area contributed by atoms with Crippen molar-refractivity contribution in [3.8, 4) is 5.75 Å². The van der Waals surface area contributed by atoms with Gasteiger partial charge in [0.1, 0.15) is 5.75 Å². The number of ether oxygens (including phenoxy) is 1. The lowest BCUT2D eigenvalue weighted by Crippen LogP contribution is -2.28. The summed E-state index contributed by atoms with van der Waals surface area (Å²) in [6.45, 7) is 3.68. The monoisotopic (exact) mass is 334 g/mol. The average molecular weight is 334 g/mol. The van der Waals surface area contributed by atoms with Gasteiger partial charge in [-0.05, 0) is 31.5 Å². The molecule has 0 saturated carbocycles. The van der Waals surface area contributed by atoms with Crippen molar-refractivity contribution in [1.82, 2.24) is 20.3 Å². The number of methoxy groups -OCH3 is 1. The number of amides is 1. The van der Waals surface area contributed by atoms with Crippen molar-refractivity contribution in [2.45, 2.75) is 24.9 Å². The van der Waals surface area contributed by atoms with Gasteiger partial charge in [0.2, 0.25) is 5.91 Å². The molecule has 0 radical (unpaired) electrons. The molecule has 0 aliphatic heterocycles. The zero-order valence-corrected chi connectivity index (χ0v) is 13.9. The van der Waals surface area contributed by atoms with Gasteiger partial charge >= 0.3 is 5.69 Å². The Labute approximate surface area is 137 Å². The third kappa shape index (κ3) is 4.82. The summed E-state index contributed by atoms with van der Waals surface area (Å²) in [5.74, 6) is 0.721. The molecule has 0 bridgehead atoms. The molecule has 0 saturated heterocycles. The van der Waals surface area contributed by atoms with E-state index in [1.165, 1.54) is 18.0 Å². The van der Waals surface area contributed by atoms with Crippen molar-refractivity contribution in [3.63, 3.8) is 0 Å². The lowest BCUT2D eigenvalue weighted by Gasteiger charge is -2.13. The number of hydrogen-bond donors (Lipinski definition) is 2. The summed E-state index contributed by atoms with van der Waals surface area (Å²) in [5.41, 5.74) is 1.15. The second kappa shape index (κ2) is 7.77. The molecule has 2 heterocycles. The van der Waals surface area contributed by atoms with Crippen molar-refractivity contribution in [2.24, 2.45) is 0 Å². The highest BCUT2D eigenvalue weighted by molar-refractivity contribution is 7.99. The number of aromatic nitrogens is 3. The maximum Gasteiger partial charge on any atom is 0.345 e. The van der Waals surface area contributed by atoms with Crippen LogP contribution in [0.25, 0.3) is 0 Å². The number of aromatic amines is 1. The van der Waals surface area contributed by atoms with E-state index in [1.807, 2.05) is 13.8 Å². The lowest BCUT2D eigenvalue weighted by molar-refractivity contribution is -0.119. The van der Waals surface area contributed by atoms with Gasteiger partial charge in [-0.25, -0.2) is 9.78 Å². The molecule has 0 fully saturated rings. The number of rotatable bonds is 6. The summed E-state index contributed by atoms with van der Waals surface area (Å²) in [6.07, 6.45) is 3.10. The van der Waals surface area contributed by atoms with E-state index in [9.17, 15) is 9.59 Å². The highest BCUT2D eigenvalue weighted by Crippen LogP contribution is 2.18. The highest BCUT2D eigenvalue weighted by Gasteiger charge is 2.12. The van der Waals surface area contributed by atoms with Gasteiger partial charge in [-0.2, -0.15) is 0 Å². The van der Waals surface area contributed by atoms with Crippen molar-refractivity contribution in [3.05, 3.63) is 46.3 Å². The number of aryl methyl sites for hydroxylation is 1. The van der Waals surface area contributed by atoms with E-state index in [-0.39, 0.29) is 17.7 Å². The third-order valence-electron chi connectivity index (χ3n) is 3.12. The fourth-order valence-corrected chi connectivity index (χ4v) is 2.65. The molecule has 23 heavy (non-hydrogen) atoms. The molecule has 2 aromatic rings. The second-order valence-electron chi connectivity index (χ2n) is 4.90. The van der Waals surface area contributed by atoms with Crippen LogP contribution in [0.2, 0.25) is 0 Å². The van der Waals surface area contributed by atoms with Crippen LogP contribution in [0.1, 0.15) is 24.2 Å². The molecular weight excluding hydrogens is 316 g/mol. The molecule has 0 aliphatic carbocycles. The average Bonchev–Trinajstić information content (AvgIpc) is 2.55. The predicted molar refractivity (Wildman–Crippen MR) is 87.7 cm³/mol. The number of hydrogen-bond acceptors (Lipinski definition) is 6. The number of nitrogens with one attached hydrogen (secondary N) is 2. The zero-order chi connectivity index (χ0) is 16.8. The minimum Gasteiger partial charge on any atom is -0.495 e. The Kier molecular flexibility index (Phi) is 5.75. The Morgan fingerprint density at radius 3 is 2.83 bits per heavy atom. The summed E-state index contributed by atoms with van der Waals surface area (Å²) < 4.78 is 5.05. The quantitative estimate of drug-likeness (QED) is 0.613. The summed E-state index contributed by atoms with van der Waals surface area (Å²) in [5, 5.41) is 3.52. The molecule has 0 aromatic carbocycles. The van der Waals surface area contributed by atoms with E-state index in [0.29, 0.717) is 10.8 Å². The van der Waals surface area contributed by atoms with Crippen molar-refractivity contribution < 1.29 is 9.53 Å². The first-order valence-corrected chi connectivity index (χ1v) is 7.96. The Hall–Kier alpha value is -2.35. The number of nitrogens with zero attached hydrogens (tertiary/aromatic N) is 2. The fourth-order valence-electron chi connectivity index (χ4n) is 1.86. The summed E-state index contributed by atoms with van der Waals surface area (Å²) in [4.78, 5) is 33.7. The Bertz CT molecular complexity index is 730. The maximum atomic E-state index is 12.0. The zero-order valence-electron chi connectivity index (χ0n) is 13.1. The lowest BCUT2D eigenvalue weighted by atomic mass is 10.2. The van der Waals surface area contributed by atoms with Crippen molar-refractivity contribution in [2.75, 3.05) is 12.9 Å². The van der Waals surface area contributed by atoms with Crippen LogP contribution in [0.3, 0.4) is 0 Å². The molecule has 122 valence electrons. The van der Waals surface area contributed by atoms with E-state index in [0.717, 1.165) is 11.3 Å². The van der Waals surface area contributed by atoms with Gasteiger partial charge < -0.3 is 15.0 Å². The fraction of sp³-hybridized carbons (Fsp3) is 0.333. The van der Waals surface area contributed by atoms with Crippen molar-refractivity contribution >= 4 is 17.7 Å². The van der Waals surface area contributed by atoms with Crippen LogP contribution in [-0.4, -0.2) is 33.7 Å². The van der Waals surface area contributed by atoms with Crippen LogP contribution in [-0.2, 0) is 4.79 Å². The molecule has 2 N–H and O–H groups in total. The van der Waals surface area contributed by atoms with Gasteiger partial charge in [-0.3, -0.25) is 9.78 Å². The molecule has 0 spiro atoms. The van der Waals surface area contributed by atoms with Crippen molar-refractivity contribution in [1.29, 1.82) is 0 Å². The van der Waals surface area contributed by atoms with Crippen LogP contribution >= 0.6 is 11.8 Å². The van der Waals surface area contributed by atoms with Gasteiger partial charge in [0, 0.05) is 6.20 Å². The van der Waals surface area contributed by atoms with Gasteiger partial charge in [-0.1, -0.05) is 11.8 Å². The minimum atomic E-state index is -0.422. The van der Waals surface area contributed by atoms with E-state index in [1.54, 1.807) is 25.4 Å². The van der Waals surface area contributed by atoms with Crippen LogP contribution in [0.15, 0.2) is 34.3 Å². The number of pyridine rings is 1. The Morgan fingerprint density at radius 1 is 1.39 bits per heavy atom. The van der Waals surface area contributed by atoms with E-state index < -0.39 is 5.69 Å². The predicted octanol–water partition coefficient (Wildman–Crippen LogP) is 1.45. The first-order valence-electron chi connectivity index (χ1n) is 6.97. The molecule has 1 amide bonds. The van der Waals surface area contributed by atoms with Crippen LogP contribution in [0.5, 0.6) is 5.75 Å². The van der Waals surface area contributed by atoms with Gasteiger partial charge in [0.25, 0.3) is 0 Å². The largest absolute Gasteiger partial charge is 0.495 e. The van der Waals surface area contributed by atoms with E-state index >= 15 is 0 Å². The van der Waals surface area contributed by atoms with Gasteiger partial charge in [0.05, 0.1) is 35.8 Å². The van der Waals surface area contributed by atoms with Crippen LogP contribution in [0.4, 0.5) is 0 Å². The Morgan fingerprint density at radius 2 is 2.17 bits per heavy atom. The van der Waals surface area contributed by atoms with Crippen LogP contribution < -0.4 is 15.7 Å². The number of carbonyl (C=O) groups is 1. The SMILES string of the molecule is COc1ccc(C(C)NC(=O)CSc2[nH]c(=O)ncc2C)nc1. The number of carbonyl (C=O) groups excluding carboxylic acids is 1. The molecule has 1 atom stereocenters. The highest BCUT2D eigenvalue weighted by atomic mass is 32.2. The third-order valence-corrected chi connectivity index (χ3v) is 4.24. The summed E-state index contributed by atoms with van der Waals surface area (Å²) >= 11 is 1.26. The first kappa shape index (κ1) is 17.0.